The highest BCUT2D eigenvalue weighted by Crippen LogP contribution is 2.29. The van der Waals surface area contributed by atoms with Gasteiger partial charge >= 0.3 is 0 Å². The number of amides is 1. The van der Waals surface area contributed by atoms with Gasteiger partial charge in [0.05, 0.1) is 6.04 Å². The van der Waals surface area contributed by atoms with Gasteiger partial charge in [-0.1, -0.05) is 36.7 Å². The van der Waals surface area contributed by atoms with Crippen molar-refractivity contribution < 1.29 is 4.79 Å². The van der Waals surface area contributed by atoms with E-state index in [9.17, 15) is 4.79 Å². The van der Waals surface area contributed by atoms with E-state index in [4.69, 9.17) is 11.6 Å². The van der Waals surface area contributed by atoms with Crippen molar-refractivity contribution in [1.82, 2.24) is 10.2 Å². The van der Waals surface area contributed by atoms with E-state index < -0.39 is 0 Å². The number of nitrogens with one attached hydrogen (secondary N) is 1. The number of hydrogen-bond donors (Lipinski definition) is 1. The molecule has 1 aromatic rings. The summed E-state index contributed by atoms with van der Waals surface area (Å²) >= 11 is 6.25. The van der Waals surface area contributed by atoms with Crippen molar-refractivity contribution in [3.8, 4) is 0 Å². The number of benzene rings is 1. The van der Waals surface area contributed by atoms with Crippen molar-refractivity contribution >= 4 is 29.9 Å². The van der Waals surface area contributed by atoms with Crippen molar-refractivity contribution in [1.29, 1.82) is 0 Å². The minimum absolute atomic E-state index is 0. The Morgan fingerprint density at radius 2 is 1.91 bits per heavy atom. The first kappa shape index (κ1) is 20.3. The molecule has 1 fully saturated rings. The Morgan fingerprint density at radius 3 is 2.52 bits per heavy atom. The molecule has 1 saturated heterocycles. The Balaban J connectivity index is 0.00000264. The predicted octanol–water partition coefficient (Wildman–Crippen LogP) is 4.31. The predicted molar refractivity (Wildman–Crippen MR) is 99.3 cm³/mol. The van der Waals surface area contributed by atoms with Crippen LogP contribution in [-0.4, -0.2) is 30.9 Å². The lowest BCUT2D eigenvalue weighted by Crippen LogP contribution is -2.35. The topological polar surface area (TPSA) is 32.3 Å². The van der Waals surface area contributed by atoms with Crippen LogP contribution in [0.15, 0.2) is 24.3 Å². The molecule has 0 saturated carbocycles. The second-order valence-corrected chi connectivity index (χ2v) is 6.88. The fourth-order valence-corrected chi connectivity index (χ4v) is 3.53. The molecule has 1 heterocycles. The Kier molecular flexibility index (Phi) is 8.38. The first-order valence-corrected chi connectivity index (χ1v) is 8.59. The normalized spacial score (nSPS) is 17.9. The second-order valence-electron chi connectivity index (χ2n) is 6.47. The van der Waals surface area contributed by atoms with E-state index in [2.05, 4.69) is 12.2 Å². The minimum Gasteiger partial charge on any atom is -0.339 e. The zero-order valence-electron chi connectivity index (χ0n) is 14.2. The molecule has 1 N–H and O–H groups in total. The summed E-state index contributed by atoms with van der Waals surface area (Å²) in [6.07, 6.45) is 2.98. The average Bonchev–Trinajstić information content (AvgIpc) is 2.54. The van der Waals surface area contributed by atoms with E-state index in [-0.39, 0.29) is 24.4 Å². The molecule has 130 valence electrons. The number of carbonyl (C=O) groups excluding carboxylic acids is 1. The van der Waals surface area contributed by atoms with E-state index in [1.807, 2.05) is 43.1 Å². The average molecular weight is 359 g/mol. The molecule has 1 amide bonds. The van der Waals surface area contributed by atoms with E-state index in [0.29, 0.717) is 18.3 Å². The van der Waals surface area contributed by atoms with Crippen LogP contribution in [0, 0.1) is 11.8 Å². The lowest BCUT2D eigenvalue weighted by atomic mass is 9.84. The molecule has 0 bridgehead atoms. The van der Waals surface area contributed by atoms with Crippen LogP contribution in [0.1, 0.15) is 44.7 Å². The van der Waals surface area contributed by atoms with Gasteiger partial charge in [0.15, 0.2) is 0 Å². The van der Waals surface area contributed by atoms with Crippen molar-refractivity contribution in [2.24, 2.45) is 11.8 Å². The Morgan fingerprint density at radius 1 is 1.30 bits per heavy atom. The summed E-state index contributed by atoms with van der Waals surface area (Å²) in [5.74, 6) is 1.31. The van der Waals surface area contributed by atoms with Gasteiger partial charge in [-0.2, -0.15) is 0 Å². The SMILES string of the molecule is CC(CC(=O)N(C)C(C)c1ccccc1Cl)C1CCNCC1.Cl. The van der Waals surface area contributed by atoms with Gasteiger partial charge in [0, 0.05) is 18.5 Å². The van der Waals surface area contributed by atoms with E-state index in [0.717, 1.165) is 23.7 Å². The highest BCUT2D eigenvalue weighted by Gasteiger charge is 2.25. The second kappa shape index (κ2) is 9.51. The Bertz CT molecular complexity index is 504. The Labute approximate surface area is 151 Å². The highest BCUT2D eigenvalue weighted by atomic mass is 35.5. The number of piperidine rings is 1. The third-order valence-corrected chi connectivity index (χ3v) is 5.36. The zero-order valence-corrected chi connectivity index (χ0v) is 15.8. The van der Waals surface area contributed by atoms with Crippen LogP contribution in [0.4, 0.5) is 0 Å². The molecule has 2 rings (SSSR count). The quantitative estimate of drug-likeness (QED) is 0.850. The van der Waals surface area contributed by atoms with Gasteiger partial charge in [-0.3, -0.25) is 4.79 Å². The standard InChI is InChI=1S/C18H27ClN2O.ClH/c1-13(15-8-10-20-11-9-15)12-18(22)21(3)14(2)16-6-4-5-7-17(16)19;/h4-7,13-15,20H,8-12H2,1-3H3;1H. The van der Waals surface area contributed by atoms with E-state index in [1.54, 1.807) is 0 Å². The maximum Gasteiger partial charge on any atom is 0.223 e. The largest absolute Gasteiger partial charge is 0.339 e. The maximum atomic E-state index is 12.6. The summed E-state index contributed by atoms with van der Waals surface area (Å²) in [5, 5.41) is 4.10. The number of halogens is 2. The summed E-state index contributed by atoms with van der Waals surface area (Å²) in [5.41, 5.74) is 1.01. The lowest BCUT2D eigenvalue weighted by molar-refractivity contribution is -0.133. The fraction of sp³-hybridized carbons (Fsp3) is 0.611. The van der Waals surface area contributed by atoms with Crippen LogP contribution >= 0.6 is 24.0 Å². The number of rotatable bonds is 5. The monoisotopic (exact) mass is 358 g/mol. The summed E-state index contributed by atoms with van der Waals surface area (Å²) in [7, 11) is 1.88. The van der Waals surface area contributed by atoms with Crippen LogP contribution in [0.5, 0.6) is 0 Å². The van der Waals surface area contributed by atoms with Gasteiger partial charge in [-0.25, -0.2) is 0 Å². The molecule has 1 aromatic carbocycles. The number of hydrogen-bond acceptors (Lipinski definition) is 2. The van der Waals surface area contributed by atoms with Crippen molar-refractivity contribution in [2.75, 3.05) is 20.1 Å². The molecule has 1 aliphatic rings. The maximum absolute atomic E-state index is 12.6. The zero-order chi connectivity index (χ0) is 16.1. The van der Waals surface area contributed by atoms with Gasteiger partial charge in [-0.05, 0) is 56.3 Å². The lowest BCUT2D eigenvalue weighted by Gasteiger charge is -2.31. The van der Waals surface area contributed by atoms with Crippen molar-refractivity contribution in [2.45, 2.75) is 39.2 Å². The summed E-state index contributed by atoms with van der Waals surface area (Å²) in [4.78, 5) is 14.4. The molecule has 1 aliphatic heterocycles. The van der Waals surface area contributed by atoms with Gasteiger partial charge in [0.1, 0.15) is 0 Å². The first-order chi connectivity index (χ1) is 10.5. The molecule has 2 unspecified atom stereocenters. The Hall–Kier alpha value is -0.770. The third kappa shape index (κ3) is 5.37. The molecule has 23 heavy (non-hydrogen) atoms. The molecule has 2 atom stereocenters. The van der Waals surface area contributed by atoms with Crippen LogP contribution < -0.4 is 5.32 Å². The molecule has 0 spiro atoms. The molecule has 0 aromatic heterocycles. The number of carbonyl (C=O) groups is 1. The van der Waals surface area contributed by atoms with Crippen LogP contribution in [0.25, 0.3) is 0 Å². The summed E-state index contributed by atoms with van der Waals surface area (Å²) in [6, 6.07) is 7.75. The smallest absolute Gasteiger partial charge is 0.223 e. The molecule has 0 radical (unpaired) electrons. The van der Waals surface area contributed by atoms with Gasteiger partial charge in [-0.15, -0.1) is 12.4 Å². The molecule has 3 nitrogen and oxygen atoms in total. The minimum atomic E-state index is 0. The van der Waals surface area contributed by atoms with Gasteiger partial charge < -0.3 is 10.2 Å². The highest BCUT2D eigenvalue weighted by molar-refractivity contribution is 6.31. The molecule has 0 aliphatic carbocycles. The third-order valence-electron chi connectivity index (χ3n) is 5.01. The van der Waals surface area contributed by atoms with Crippen molar-refractivity contribution in [3.63, 3.8) is 0 Å². The van der Waals surface area contributed by atoms with Gasteiger partial charge in [0.2, 0.25) is 5.91 Å². The first-order valence-electron chi connectivity index (χ1n) is 8.21. The van der Waals surface area contributed by atoms with E-state index >= 15 is 0 Å². The fourth-order valence-electron chi connectivity index (χ4n) is 3.24. The van der Waals surface area contributed by atoms with Crippen molar-refractivity contribution in [3.05, 3.63) is 34.9 Å². The van der Waals surface area contributed by atoms with Crippen LogP contribution in [0.2, 0.25) is 5.02 Å². The number of nitrogens with zero attached hydrogens (tertiary/aromatic N) is 1. The van der Waals surface area contributed by atoms with Crippen LogP contribution in [-0.2, 0) is 4.79 Å². The van der Waals surface area contributed by atoms with E-state index in [1.165, 1.54) is 12.8 Å². The van der Waals surface area contributed by atoms with Crippen LogP contribution in [0.3, 0.4) is 0 Å². The van der Waals surface area contributed by atoms with Gasteiger partial charge in [0.25, 0.3) is 0 Å². The summed E-state index contributed by atoms with van der Waals surface area (Å²) in [6.45, 7) is 6.40. The molecular formula is C18H28Cl2N2O. The molecule has 5 heteroatoms. The molecular weight excluding hydrogens is 331 g/mol. The summed E-state index contributed by atoms with van der Waals surface area (Å²) < 4.78 is 0.